The second kappa shape index (κ2) is 13.5. The first kappa shape index (κ1) is 25.4. The van der Waals surface area contributed by atoms with Crippen molar-refractivity contribution >= 4 is 11.4 Å². The highest BCUT2D eigenvalue weighted by molar-refractivity contribution is 5.45. The van der Waals surface area contributed by atoms with Gasteiger partial charge in [-0.1, -0.05) is 38.1 Å². The van der Waals surface area contributed by atoms with Crippen LogP contribution in [0.25, 0.3) is 0 Å². The number of aryl methyl sites for hydroxylation is 2. The van der Waals surface area contributed by atoms with E-state index in [4.69, 9.17) is 9.47 Å². The van der Waals surface area contributed by atoms with Crippen LogP contribution in [0.2, 0.25) is 0 Å². The molecule has 3 aromatic carbocycles. The molecule has 0 bridgehead atoms. The molecule has 0 aromatic heterocycles. The molecule has 4 N–H and O–H groups in total. The lowest BCUT2D eigenvalue weighted by Gasteiger charge is -2.16. The Kier molecular flexibility index (Phi) is 10.1. The molecule has 6 heteroatoms. The highest BCUT2D eigenvalue weighted by atomic mass is 16.5. The second-order valence-corrected chi connectivity index (χ2v) is 8.26. The summed E-state index contributed by atoms with van der Waals surface area (Å²) in [6.45, 7) is 5.42. The fourth-order valence-electron chi connectivity index (χ4n) is 3.32. The van der Waals surface area contributed by atoms with E-state index in [1.165, 1.54) is 11.1 Å². The average Bonchev–Trinajstić information content (AvgIpc) is 2.89. The van der Waals surface area contributed by atoms with Gasteiger partial charge in [-0.25, -0.2) is 0 Å². The van der Waals surface area contributed by atoms with Crippen LogP contribution in [0.15, 0.2) is 72.8 Å². The van der Waals surface area contributed by atoms with Crippen molar-refractivity contribution in [3.05, 3.63) is 83.9 Å². The van der Waals surface area contributed by atoms with E-state index >= 15 is 0 Å². The van der Waals surface area contributed by atoms with Gasteiger partial charge in [-0.05, 0) is 72.5 Å². The predicted octanol–water partition coefficient (Wildman–Crippen LogP) is 4.52. The zero-order valence-corrected chi connectivity index (χ0v) is 20.0. The summed E-state index contributed by atoms with van der Waals surface area (Å²) in [4.78, 5) is 0. The van der Waals surface area contributed by atoms with E-state index in [1.54, 1.807) is 24.3 Å². The topological polar surface area (TPSA) is 83.0 Å². The van der Waals surface area contributed by atoms with Gasteiger partial charge in [0.25, 0.3) is 0 Å². The van der Waals surface area contributed by atoms with E-state index in [9.17, 15) is 10.2 Å². The van der Waals surface area contributed by atoms with Gasteiger partial charge in [-0.15, -0.1) is 0 Å². The minimum Gasteiger partial charge on any atom is -0.491 e. The molecule has 182 valence electrons. The van der Waals surface area contributed by atoms with Gasteiger partial charge in [-0.3, -0.25) is 0 Å². The third-order valence-corrected chi connectivity index (χ3v) is 5.52. The van der Waals surface area contributed by atoms with E-state index < -0.39 is 12.2 Å². The maximum atomic E-state index is 10.2. The number of hydrogen-bond acceptors (Lipinski definition) is 6. The Morgan fingerprint density at radius 1 is 0.588 bits per heavy atom. The molecule has 3 aromatic rings. The number of ether oxygens (including phenoxy) is 2. The van der Waals surface area contributed by atoms with Crippen LogP contribution in [-0.2, 0) is 12.8 Å². The summed E-state index contributed by atoms with van der Waals surface area (Å²) >= 11 is 0. The lowest BCUT2D eigenvalue weighted by molar-refractivity contribution is 0.115. The van der Waals surface area contributed by atoms with Crippen molar-refractivity contribution in [3.8, 4) is 11.5 Å². The van der Waals surface area contributed by atoms with Crippen molar-refractivity contribution in [1.82, 2.24) is 0 Å². The molecule has 34 heavy (non-hydrogen) atoms. The molecular formula is C28H36N2O4. The molecule has 0 spiro atoms. The summed E-state index contributed by atoms with van der Waals surface area (Å²) in [6.07, 6.45) is 0.740. The normalized spacial score (nSPS) is 12.6. The summed E-state index contributed by atoms with van der Waals surface area (Å²) in [5, 5.41) is 26.8. The van der Waals surface area contributed by atoms with Crippen molar-refractivity contribution in [3.63, 3.8) is 0 Å². The Morgan fingerprint density at radius 2 is 0.941 bits per heavy atom. The largest absolute Gasteiger partial charge is 0.491 e. The van der Waals surface area contributed by atoms with Gasteiger partial charge in [0.15, 0.2) is 0 Å². The highest BCUT2D eigenvalue weighted by Crippen LogP contribution is 2.18. The Balaban J connectivity index is 1.32. The minimum absolute atomic E-state index is 0.184. The van der Waals surface area contributed by atoms with Crippen molar-refractivity contribution < 1.29 is 19.7 Å². The molecule has 6 nitrogen and oxygen atoms in total. The first-order valence-corrected chi connectivity index (χ1v) is 11.9. The lowest BCUT2D eigenvalue weighted by atomic mass is 10.1. The molecule has 0 saturated heterocycles. The van der Waals surface area contributed by atoms with Gasteiger partial charge in [0.05, 0.1) is 0 Å². The summed E-state index contributed by atoms with van der Waals surface area (Å²) in [7, 11) is 0. The van der Waals surface area contributed by atoms with Crippen molar-refractivity contribution in [2.75, 3.05) is 36.9 Å². The molecule has 3 rings (SSSR count). The van der Waals surface area contributed by atoms with Gasteiger partial charge in [0, 0.05) is 24.5 Å². The van der Waals surface area contributed by atoms with E-state index in [2.05, 4.69) is 48.7 Å². The SMILES string of the molecule is CCc1ccc(NC[C@H](O)COc2ccc(OC[C@@H](O)CNc3ccc(CC)cc3)cc2)cc1. The Hall–Kier alpha value is -3.22. The molecule has 0 heterocycles. The summed E-state index contributed by atoms with van der Waals surface area (Å²) < 4.78 is 11.3. The molecule has 0 aliphatic carbocycles. The number of rotatable bonds is 14. The molecule has 0 fully saturated rings. The third kappa shape index (κ3) is 8.61. The van der Waals surface area contributed by atoms with E-state index in [0.717, 1.165) is 24.2 Å². The number of anilines is 2. The molecule has 0 radical (unpaired) electrons. The third-order valence-electron chi connectivity index (χ3n) is 5.52. The summed E-state index contributed by atoms with van der Waals surface area (Å²) in [5.74, 6) is 1.30. The quantitative estimate of drug-likeness (QED) is 0.281. The highest BCUT2D eigenvalue weighted by Gasteiger charge is 2.08. The standard InChI is InChI=1S/C28H36N2O4/c1-3-21-5-9-23(10-6-21)29-17-25(31)19-33-27-13-15-28(16-14-27)34-20-26(32)18-30-24-11-7-22(4-2)8-12-24/h5-16,25-26,29-32H,3-4,17-20H2,1-2H3/t25-,26-/m0/s1. The monoisotopic (exact) mass is 464 g/mol. The van der Waals surface area contributed by atoms with Crippen molar-refractivity contribution in [2.45, 2.75) is 38.9 Å². The van der Waals surface area contributed by atoms with Gasteiger partial charge in [0.1, 0.15) is 36.9 Å². The number of aliphatic hydroxyl groups is 2. The van der Waals surface area contributed by atoms with Gasteiger partial charge in [-0.2, -0.15) is 0 Å². The summed E-state index contributed by atoms with van der Waals surface area (Å²) in [6, 6.07) is 23.5. The van der Waals surface area contributed by atoms with E-state index in [-0.39, 0.29) is 13.2 Å². The molecule has 0 saturated carbocycles. The Bertz CT molecular complexity index is 879. The van der Waals surface area contributed by atoms with Crippen LogP contribution in [0.1, 0.15) is 25.0 Å². The van der Waals surface area contributed by atoms with Crippen LogP contribution in [0, 0.1) is 0 Å². The first-order chi connectivity index (χ1) is 16.6. The number of aliphatic hydroxyl groups excluding tert-OH is 2. The minimum atomic E-state index is -0.636. The molecular weight excluding hydrogens is 428 g/mol. The van der Waals surface area contributed by atoms with Gasteiger partial charge in [0.2, 0.25) is 0 Å². The maximum Gasteiger partial charge on any atom is 0.119 e. The van der Waals surface area contributed by atoms with Crippen LogP contribution >= 0.6 is 0 Å². The number of hydrogen-bond donors (Lipinski definition) is 4. The van der Waals surface area contributed by atoms with E-state index in [1.807, 2.05) is 24.3 Å². The fourth-order valence-corrected chi connectivity index (χ4v) is 3.32. The van der Waals surface area contributed by atoms with E-state index in [0.29, 0.717) is 24.6 Å². The number of nitrogens with one attached hydrogen (secondary N) is 2. The second-order valence-electron chi connectivity index (χ2n) is 8.26. The Labute approximate surface area is 202 Å². The molecule has 0 aliphatic rings. The molecule has 0 amide bonds. The van der Waals surface area contributed by atoms with Crippen molar-refractivity contribution in [1.29, 1.82) is 0 Å². The first-order valence-electron chi connectivity index (χ1n) is 11.9. The zero-order chi connectivity index (χ0) is 24.2. The predicted molar refractivity (Wildman–Crippen MR) is 138 cm³/mol. The van der Waals surface area contributed by atoms with Crippen LogP contribution in [0.3, 0.4) is 0 Å². The smallest absolute Gasteiger partial charge is 0.119 e. The fraction of sp³-hybridized carbons (Fsp3) is 0.357. The summed E-state index contributed by atoms with van der Waals surface area (Å²) in [5.41, 5.74) is 4.52. The van der Waals surface area contributed by atoms with Gasteiger partial charge < -0.3 is 30.3 Å². The van der Waals surface area contributed by atoms with Crippen LogP contribution in [-0.4, -0.2) is 48.7 Å². The average molecular weight is 465 g/mol. The lowest BCUT2D eigenvalue weighted by Crippen LogP contribution is -2.26. The van der Waals surface area contributed by atoms with Crippen LogP contribution in [0.5, 0.6) is 11.5 Å². The van der Waals surface area contributed by atoms with Gasteiger partial charge >= 0.3 is 0 Å². The molecule has 0 unspecified atom stereocenters. The zero-order valence-electron chi connectivity index (χ0n) is 20.0. The molecule has 0 aliphatic heterocycles. The van der Waals surface area contributed by atoms with Crippen molar-refractivity contribution in [2.24, 2.45) is 0 Å². The molecule has 2 atom stereocenters. The Morgan fingerprint density at radius 3 is 1.26 bits per heavy atom. The number of benzene rings is 3. The van der Waals surface area contributed by atoms with Crippen LogP contribution < -0.4 is 20.1 Å². The maximum absolute atomic E-state index is 10.2. The van der Waals surface area contributed by atoms with Crippen LogP contribution in [0.4, 0.5) is 11.4 Å².